The minimum absolute atomic E-state index is 0.147. The summed E-state index contributed by atoms with van der Waals surface area (Å²) in [4.78, 5) is 24.2. The number of hydrogen-bond donors (Lipinski definition) is 2. The van der Waals surface area contributed by atoms with Crippen LogP contribution in [0.2, 0.25) is 0 Å². The van der Waals surface area contributed by atoms with E-state index in [2.05, 4.69) is 0 Å². The number of rotatable bonds is 3. The summed E-state index contributed by atoms with van der Waals surface area (Å²) in [6.45, 7) is 1.21. The zero-order chi connectivity index (χ0) is 16.3. The van der Waals surface area contributed by atoms with Gasteiger partial charge in [0.2, 0.25) is 5.78 Å². The van der Waals surface area contributed by atoms with Crippen LogP contribution in [0, 0.1) is 0 Å². The van der Waals surface area contributed by atoms with E-state index in [1.54, 1.807) is 18.2 Å². The molecule has 2 rings (SSSR count). The summed E-state index contributed by atoms with van der Waals surface area (Å²) in [5.74, 6) is -2.24. The Morgan fingerprint density at radius 3 is 2.45 bits per heavy atom. The standard InChI is InChI=1S/C17H16O5/c1-17(21)14(22-2)10-13(19)15(16(17)20)12(18)9-8-11-6-4-3-5-7-11/h3-10,18,21H,1-2H3/b9-8+,15-12-. The van der Waals surface area contributed by atoms with Crippen molar-refractivity contribution in [1.29, 1.82) is 0 Å². The van der Waals surface area contributed by atoms with Crippen LogP contribution >= 0.6 is 0 Å². The molecule has 0 spiro atoms. The third-order valence-electron chi connectivity index (χ3n) is 3.37. The summed E-state index contributed by atoms with van der Waals surface area (Å²) >= 11 is 0. The third kappa shape index (κ3) is 2.84. The highest BCUT2D eigenvalue weighted by atomic mass is 16.5. The van der Waals surface area contributed by atoms with E-state index in [9.17, 15) is 19.8 Å². The fourth-order valence-corrected chi connectivity index (χ4v) is 2.12. The highest BCUT2D eigenvalue weighted by molar-refractivity contribution is 6.30. The van der Waals surface area contributed by atoms with Gasteiger partial charge in [-0.15, -0.1) is 0 Å². The van der Waals surface area contributed by atoms with Gasteiger partial charge in [-0.1, -0.05) is 36.4 Å². The maximum atomic E-state index is 12.2. The first kappa shape index (κ1) is 15.7. The normalized spacial score (nSPS) is 24.4. The molecule has 1 aromatic carbocycles. The van der Waals surface area contributed by atoms with Gasteiger partial charge in [-0.2, -0.15) is 0 Å². The molecule has 0 heterocycles. The van der Waals surface area contributed by atoms with E-state index in [1.165, 1.54) is 20.1 Å². The number of allylic oxidation sites excluding steroid dienone is 2. The molecule has 5 nitrogen and oxygen atoms in total. The Morgan fingerprint density at radius 2 is 1.86 bits per heavy atom. The number of hydrogen-bond acceptors (Lipinski definition) is 5. The molecule has 0 radical (unpaired) electrons. The topological polar surface area (TPSA) is 83.8 Å². The van der Waals surface area contributed by atoms with Gasteiger partial charge in [0, 0.05) is 6.08 Å². The second kappa shape index (κ2) is 5.99. The molecule has 5 heteroatoms. The average Bonchev–Trinajstić information content (AvgIpc) is 2.50. The predicted octanol–water partition coefficient (Wildman–Crippen LogP) is 1.94. The quantitative estimate of drug-likeness (QED) is 0.506. The van der Waals surface area contributed by atoms with Crippen molar-refractivity contribution in [3.8, 4) is 0 Å². The Balaban J connectivity index is 2.42. The van der Waals surface area contributed by atoms with E-state index in [0.29, 0.717) is 0 Å². The fraction of sp³-hybridized carbons (Fsp3) is 0.176. The third-order valence-corrected chi connectivity index (χ3v) is 3.37. The number of aliphatic hydroxyl groups is 2. The number of methoxy groups -OCH3 is 1. The monoisotopic (exact) mass is 300 g/mol. The van der Waals surface area contributed by atoms with Crippen LogP contribution in [0.25, 0.3) is 6.08 Å². The molecule has 0 fully saturated rings. The first-order valence-electron chi connectivity index (χ1n) is 6.62. The summed E-state index contributed by atoms with van der Waals surface area (Å²) in [6.07, 6.45) is 3.82. The average molecular weight is 300 g/mol. The molecule has 1 atom stereocenters. The van der Waals surface area contributed by atoms with Gasteiger partial charge in [-0.05, 0) is 18.6 Å². The van der Waals surface area contributed by atoms with Crippen molar-refractivity contribution in [2.24, 2.45) is 0 Å². The Bertz CT molecular complexity index is 693. The van der Waals surface area contributed by atoms with E-state index >= 15 is 0 Å². The van der Waals surface area contributed by atoms with Gasteiger partial charge in [0.05, 0.1) is 7.11 Å². The van der Waals surface area contributed by atoms with E-state index in [-0.39, 0.29) is 5.76 Å². The molecule has 0 saturated carbocycles. The first-order chi connectivity index (χ1) is 10.4. The van der Waals surface area contributed by atoms with Crippen LogP contribution in [0.15, 0.2) is 59.6 Å². The van der Waals surface area contributed by atoms with Crippen molar-refractivity contribution in [1.82, 2.24) is 0 Å². The molecule has 0 saturated heterocycles. The highest BCUT2D eigenvalue weighted by Gasteiger charge is 2.45. The number of ketones is 2. The molecule has 0 aromatic heterocycles. The minimum Gasteiger partial charge on any atom is -0.507 e. The zero-order valence-corrected chi connectivity index (χ0v) is 12.2. The van der Waals surface area contributed by atoms with Crippen molar-refractivity contribution >= 4 is 17.6 Å². The van der Waals surface area contributed by atoms with E-state index in [4.69, 9.17) is 4.74 Å². The second-order valence-electron chi connectivity index (χ2n) is 4.98. The number of benzene rings is 1. The lowest BCUT2D eigenvalue weighted by Crippen LogP contribution is -2.44. The summed E-state index contributed by atoms with van der Waals surface area (Å²) in [5, 5.41) is 20.2. The van der Waals surface area contributed by atoms with Crippen LogP contribution in [0.4, 0.5) is 0 Å². The molecule has 1 aromatic rings. The van der Waals surface area contributed by atoms with Crippen molar-refractivity contribution in [2.45, 2.75) is 12.5 Å². The van der Waals surface area contributed by atoms with Crippen molar-refractivity contribution in [3.63, 3.8) is 0 Å². The van der Waals surface area contributed by atoms with Gasteiger partial charge in [0.25, 0.3) is 0 Å². The van der Waals surface area contributed by atoms with Crippen LogP contribution in [-0.4, -0.2) is 34.5 Å². The maximum Gasteiger partial charge on any atom is 0.209 e. The molecule has 0 amide bonds. The largest absolute Gasteiger partial charge is 0.507 e. The molecular formula is C17H16O5. The molecule has 22 heavy (non-hydrogen) atoms. The summed E-state index contributed by atoms with van der Waals surface area (Å²) in [7, 11) is 1.25. The smallest absolute Gasteiger partial charge is 0.209 e. The van der Waals surface area contributed by atoms with Crippen LogP contribution in [0.3, 0.4) is 0 Å². The van der Waals surface area contributed by atoms with Gasteiger partial charge in [0.1, 0.15) is 17.1 Å². The van der Waals surface area contributed by atoms with Gasteiger partial charge < -0.3 is 14.9 Å². The van der Waals surface area contributed by atoms with E-state index < -0.39 is 28.5 Å². The van der Waals surface area contributed by atoms with Crippen LogP contribution in [0.1, 0.15) is 12.5 Å². The van der Waals surface area contributed by atoms with Gasteiger partial charge in [0.15, 0.2) is 11.4 Å². The molecule has 0 bridgehead atoms. The van der Waals surface area contributed by atoms with Crippen molar-refractivity contribution in [3.05, 3.63) is 65.1 Å². The van der Waals surface area contributed by atoms with Crippen LogP contribution < -0.4 is 0 Å². The molecule has 2 N–H and O–H groups in total. The van der Waals surface area contributed by atoms with Gasteiger partial charge in [-0.3, -0.25) is 9.59 Å². The van der Waals surface area contributed by atoms with Crippen LogP contribution in [-0.2, 0) is 14.3 Å². The maximum absolute atomic E-state index is 12.2. The van der Waals surface area contributed by atoms with Crippen LogP contribution in [0.5, 0.6) is 0 Å². The predicted molar refractivity (Wildman–Crippen MR) is 80.9 cm³/mol. The van der Waals surface area contributed by atoms with E-state index in [0.717, 1.165) is 11.6 Å². The second-order valence-corrected chi connectivity index (χ2v) is 4.98. The number of carbonyl (C=O) groups excluding carboxylic acids is 2. The summed E-state index contributed by atoms with van der Waals surface area (Å²) < 4.78 is 4.85. The Hall–Kier alpha value is -2.66. The number of carbonyl (C=O) groups is 2. The Kier molecular flexibility index (Phi) is 4.28. The fourth-order valence-electron chi connectivity index (χ4n) is 2.12. The molecule has 1 aliphatic carbocycles. The van der Waals surface area contributed by atoms with Gasteiger partial charge in [-0.25, -0.2) is 0 Å². The lowest BCUT2D eigenvalue weighted by molar-refractivity contribution is -0.134. The molecule has 114 valence electrons. The van der Waals surface area contributed by atoms with Gasteiger partial charge >= 0.3 is 0 Å². The number of Topliss-reactive ketones (excluding diaryl/α,β-unsaturated/α-hetero) is 1. The summed E-state index contributed by atoms with van der Waals surface area (Å²) in [6, 6.07) is 9.09. The SMILES string of the molecule is COC1=CC(=O)/C(=C(O)\C=C\c2ccccc2)C(=O)C1(C)O. The van der Waals surface area contributed by atoms with Crippen molar-refractivity contribution in [2.75, 3.05) is 7.11 Å². The lowest BCUT2D eigenvalue weighted by atomic mass is 9.84. The Morgan fingerprint density at radius 1 is 1.23 bits per heavy atom. The highest BCUT2D eigenvalue weighted by Crippen LogP contribution is 2.29. The molecule has 0 aliphatic heterocycles. The number of ether oxygens (including phenoxy) is 1. The molecule has 1 unspecified atom stereocenters. The zero-order valence-electron chi connectivity index (χ0n) is 12.2. The lowest BCUT2D eigenvalue weighted by Gasteiger charge is -2.28. The first-order valence-corrected chi connectivity index (χ1v) is 6.62. The number of aliphatic hydroxyl groups excluding tert-OH is 1. The molecule has 1 aliphatic rings. The van der Waals surface area contributed by atoms with E-state index in [1.807, 2.05) is 18.2 Å². The Labute approximate surface area is 127 Å². The van der Waals surface area contributed by atoms with Crippen molar-refractivity contribution < 1.29 is 24.5 Å². The minimum atomic E-state index is -1.98. The summed E-state index contributed by atoms with van der Waals surface area (Å²) in [5.41, 5.74) is -1.64. The molecular weight excluding hydrogens is 284 g/mol.